The van der Waals surface area contributed by atoms with E-state index in [1.807, 2.05) is 6.92 Å². The molecule has 0 spiro atoms. The molecule has 0 radical (unpaired) electrons. The monoisotopic (exact) mass is 442 g/mol. The van der Waals surface area contributed by atoms with E-state index < -0.39 is 20.0 Å². The molecule has 0 bridgehead atoms. The standard InChI is InChI=1S/C19H26N2O6S2/c1-4-26-13-14-27-17-9-11-18(12-10-17)28(22,23)20-15-16-7-5-6-8-19(16)29(24,25)21(2)3/h5-12,20H,4,13-15H2,1-3H3. The van der Waals surface area contributed by atoms with Crippen molar-refractivity contribution >= 4 is 20.0 Å². The molecule has 0 saturated carbocycles. The first-order chi connectivity index (χ1) is 13.7. The Hall–Kier alpha value is -1.98. The zero-order valence-electron chi connectivity index (χ0n) is 16.7. The molecule has 10 heteroatoms. The van der Waals surface area contributed by atoms with Crippen LogP contribution in [0.4, 0.5) is 0 Å². The molecule has 0 atom stereocenters. The Morgan fingerprint density at radius 2 is 1.59 bits per heavy atom. The SMILES string of the molecule is CCOCCOc1ccc(S(=O)(=O)NCc2ccccc2S(=O)(=O)N(C)C)cc1. The van der Waals surface area contributed by atoms with Crippen LogP contribution >= 0.6 is 0 Å². The minimum Gasteiger partial charge on any atom is -0.491 e. The van der Waals surface area contributed by atoms with E-state index in [1.54, 1.807) is 30.3 Å². The van der Waals surface area contributed by atoms with Crippen molar-refractivity contribution < 1.29 is 26.3 Å². The molecule has 8 nitrogen and oxygen atoms in total. The van der Waals surface area contributed by atoms with Crippen LogP contribution in [-0.2, 0) is 31.3 Å². The van der Waals surface area contributed by atoms with Crippen molar-refractivity contribution in [2.24, 2.45) is 0 Å². The summed E-state index contributed by atoms with van der Waals surface area (Å²) in [6, 6.07) is 12.3. The molecule has 0 heterocycles. The Morgan fingerprint density at radius 3 is 2.21 bits per heavy atom. The highest BCUT2D eigenvalue weighted by atomic mass is 32.2. The lowest BCUT2D eigenvalue weighted by Gasteiger charge is -2.15. The molecular formula is C19H26N2O6S2. The average Bonchev–Trinajstić information content (AvgIpc) is 2.70. The smallest absolute Gasteiger partial charge is 0.242 e. The maximum atomic E-state index is 12.6. The molecule has 160 valence electrons. The maximum absolute atomic E-state index is 12.6. The first-order valence-corrected chi connectivity index (χ1v) is 11.9. The predicted molar refractivity (Wildman–Crippen MR) is 110 cm³/mol. The van der Waals surface area contributed by atoms with Gasteiger partial charge in [0.05, 0.1) is 16.4 Å². The third kappa shape index (κ3) is 6.25. The van der Waals surface area contributed by atoms with Gasteiger partial charge in [0.1, 0.15) is 12.4 Å². The van der Waals surface area contributed by atoms with Crippen LogP contribution in [0.15, 0.2) is 58.3 Å². The Balaban J connectivity index is 2.10. The van der Waals surface area contributed by atoms with Crippen molar-refractivity contribution in [3.63, 3.8) is 0 Å². The van der Waals surface area contributed by atoms with Crippen molar-refractivity contribution in [1.82, 2.24) is 9.03 Å². The molecular weight excluding hydrogens is 416 g/mol. The molecule has 2 rings (SSSR count). The largest absolute Gasteiger partial charge is 0.491 e. The van der Waals surface area contributed by atoms with Gasteiger partial charge in [-0.25, -0.2) is 25.9 Å². The van der Waals surface area contributed by atoms with Gasteiger partial charge in [0.2, 0.25) is 20.0 Å². The Labute approximate surface area is 172 Å². The highest BCUT2D eigenvalue weighted by Gasteiger charge is 2.22. The second-order valence-electron chi connectivity index (χ2n) is 6.24. The number of nitrogens with one attached hydrogen (secondary N) is 1. The third-order valence-corrected chi connectivity index (χ3v) is 7.35. The Kier molecular flexibility index (Phi) is 8.17. The first-order valence-electron chi connectivity index (χ1n) is 8.99. The molecule has 1 N–H and O–H groups in total. The molecule has 0 aliphatic rings. The molecule has 0 fully saturated rings. The predicted octanol–water partition coefficient (Wildman–Crippen LogP) is 1.83. The number of benzene rings is 2. The van der Waals surface area contributed by atoms with E-state index in [-0.39, 0.29) is 16.3 Å². The van der Waals surface area contributed by atoms with E-state index >= 15 is 0 Å². The fourth-order valence-corrected chi connectivity index (χ4v) is 4.55. The van der Waals surface area contributed by atoms with Crippen molar-refractivity contribution in [1.29, 1.82) is 0 Å². The van der Waals surface area contributed by atoms with Gasteiger partial charge >= 0.3 is 0 Å². The van der Waals surface area contributed by atoms with E-state index in [0.717, 1.165) is 4.31 Å². The molecule has 2 aromatic carbocycles. The second kappa shape index (κ2) is 10.2. The minimum absolute atomic E-state index is 0.0580. The Morgan fingerprint density at radius 1 is 0.931 bits per heavy atom. The molecule has 0 aromatic heterocycles. The van der Waals surface area contributed by atoms with Gasteiger partial charge in [0.25, 0.3) is 0 Å². The Bertz CT molecular complexity index is 1000. The summed E-state index contributed by atoms with van der Waals surface area (Å²) in [4.78, 5) is 0.119. The van der Waals surface area contributed by atoms with Crippen LogP contribution in [-0.4, -0.2) is 55.1 Å². The molecule has 0 amide bonds. The van der Waals surface area contributed by atoms with Gasteiger partial charge in [0.15, 0.2) is 0 Å². The van der Waals surface area contributed by atoms with E-state index in [2.05, 4.69) is 4.72 Å². The summed E-state index contributed by atoms with van der Waals surface area (Å²) in [7, 11) is -4.66. The molecule has 0 aliphatic carbocycles. The van der Waals surface area contributed by atoms with Gasteiger partial charge < -0.3 is 9.47 Å². The zero-order valence-corrected chi connectivity index (χ0v) is 18.3. The summed E-state index contributed by atoms with van der Waals surface area (Å²) in [5.74, 6) is 0.533. The van der Waals surface area contributed by atoms with E-state index in [9.17, 15) is 16.8 Å². The summed E-state index contributed by atoms with van der Waals surface area (Å²) in [6.45, 7) is 3.16. The van der Waals surface area contributed by atoms with Crippen molar-refractivity contribution in [3.05, 3.63) is 54.1 Å². The van der Waals surface area contributed by atoms with Gasteiger partial charge in [-0.05, 0) is 42.8 Å². The highest BCUT2D eigenvalue weighted by molar-refractivity contribution is 7.89. The van der Waals surface area contributed by atoms with E-state index in [0.29, 0.717) is 31.1 Å². The van der Waals surface area contributed by atoms with Crippen LogP contribution < -0.4 is 9.46 Å². The first kappa shape index (κ1) is 23.3. The van der Waals surface area contributed by atoms with Crippen LogP contribution in [0.1, 0.15) is 12.5 Å². The van der Waals surface area contributed by atoms with Gasteiger partial charge in [-0.3, -0.25) is 0 Å². The lowest BCUT2D eigenvalue weighted by molar-refractivity contribution is 0.110. The molecule has 29 heavy (non-hydrogen) atoms. The summed E-state index contributed by atoms with van der Waals surface area (Å²) >= 11 is 0. The fraction of sp³-hybridized carbons (Fsp3) is 0.368. The number of sulfonamides is 2. The van der Waals surface area contributed by atoms with Crippen LogP contribution in [0.5, 0.6) is 5.75 Å². The van der Waals surface area contributed by atoms with Crippen LogP contribution in [0.25, 0.3) is 0 Å². The second-order valence-corrected chi connectivity index (χ2v) is 10.1. The summed E-state index contributed by atoms with van der Waals surface area (Å²) in [6.07, 6.45) is 0. The maximum Gasteiger partial charge on any atom is 0.242 e. The molecule has 2 aromatic rings. The van der Waals surface area contributed by atoms with Crippen molar-refractivity contribution in [3.8, 4) is 5.75 Å². The lowest BCUT2D eigenvalue weighted by atomic mass is 10.2. The van der Waals surface area contributed by atoms with Crippen LogP contribution in [0.2, 0.25) is 0 Å². The molecule has 0 unspecified atom stereocenters. The number of nitrogens with zero attached hydrogens (tertiary/aromatic N) is 1. The fourth-order valence-electron chi connectivity index (χ4n) is 2.43. The van der Waals surface area contributed by atoms with E-state index in [1.165, 1.54) is 32.3 Å². The quantitative estimate of drug-likeness (QED) is 0.533. The highest BCUT2D eigenvalue weighted by Crippen LogP contribution is 2.20. The van der Waals surface area contributed by atoms with Gasteiger partial charge in [-0.15, -0.1) is 0 Å². The van der Waals surface area contributed by atoms with Crippen molar-refractivity contribution in [2.45, 2.75) is 23.3 Å². The number of ether oxygens (including phenoxy) is 2. The summed E-state index contributed by atoms with van der Waals surface area (Å²) in [5.41, 5.74) is 0.362. The number of hydrogen-bond donors (Lipinski definition) is 1. The van der Waals surface area contributed by atoms with E-state index in [4.69, 9.17) is 9.47 Å². The zero-order chi connectivity index (χ0) is 21.5. The van der Waals surface area contributed by atoms with Crippen LogP contribution in [0, 0.1) is 0 Å². The van der Waals surface area contributed by atoms with Gasteiger partial charge in [-0.2, -0.15) is 0 Å². The lowest BCUT2D eigenvalue weighted by Crippen LogP contribution is -2.27. The number of hydrogen-bond acceptors (Lipinski definition) is 6. The molecule has 0 aliphatic heterocycles. The van der Waals surface area contributed by atoms with Gasteiger partial charge in [0, 0.05) is 27.2 Å². The molecule has 0 saturated heterocycles. The minimum atomic E-state index is -3.83. The topological polar surface area (TPSA) is 102 Å². The third-order valence-electron chi connectivity index (χ3n) is 4.02. The summed E-state index contributed by atoms with van der Waals surface area (Å²) in [5, 5.41) is 0. The van der Waals surface area contributed by atoms with Crippen molar-refractivity contribution in [2.75, 3.05) is 33.9 Å². The number of rotatable bonds is 11. The van der Waals surface area contributed by atoms with Gasteiger partial charge in [-0.1, -0.05) is 18.2 Å². The summed E-state index contributed by atoms with van der Waals surface area (Å²) < 4.78 is 64.2. The average molecular weight is 443 g/mol. The van der Waals surface area contributed by atoms with Crippen LogP contribution in [0.3, 0.4) is 0 Å². The normalized spacial score (nSPS) is 12.3.